The minimum atomic E-state index is -0.579. The first kappa shape index (κ1) is 14.2. The van der Waals surface area contributed by atoms with Gasteiger partial charge in [0.2, 0.25) is 11.8 Å². The van der Waals surface area contributed by atoms with Gasteiger partial charge < -0.3 is 9.64 Å². The number of carbonyl (C=O) groups is 3. The van der Waals surface area contributed by atoms with E-state index in [0.717, 1.165) is 24.8 Å². The summed E-state index contributed by atoms with van der Waals surface area (Å²) in [4.78, 5) is 37.7. The molecule has 120 valence electrons. The number of rotatable bonds is 3. The highest BCUT2D eigenvalue weighted by molar-refractivity contribution is 6.06. The zero-order valence-corrected chi connectivity index (χ0v) is 12.7. The van der Waals surface area contributed by atoms with Crippen LogP contribution in [0.5, 0.6) is 5.75 Å². The lowest BCUT2D eigenvalue weighted by Crippen LogP contribution is -2.52. The lowest BCUT2D eigenvalue weighted by atomic mass is 9.96. The lowest BCUT2D eigenvalue weighted by molar-refractivity contribution is -0.136. The molecule has 6 nitrogen and oxygen atoms in total. The Morgan fingerprint density at radius 1 is 1.13 bits per heavy atom. The molecular formula is C17H18N2O4. The Morgan fingerprint density at radius 2 is 1.96 bits per heavy atom. The summed E-state index contributed by atoms with van der Waals surface area (Å²) in [6.45, 7) is 0.391. The predicted molar refractivity (Wildman–Crippen MR) is 80.8 cm³/mol. The summed E-state index contributed by atoms with van der Waals surface area (Å²) in [5.74, 6) is -0.218. The maximum atomic E-state index is 12.8. The molecule has 2 heterocycles. The number of carbonyl (C=O) groups excluding carboxylic acids is 3. The van der Waals surface area contributed by atoms with Gasteiger partial charge in [-0.3, -0.25) is 19.7 Å². The molecule has 1 aliphatic carbocycles. The number of hydrogen-bond acceptors (Lipinski definition) is 4. The Balaban J connectivity index is 1.59. The zero-order valence-electron chi connectivity index (χ0n) is 12.7. The third-order valence-electron chi connectivity index (χ3n) is 4.86. The van der Waals surface area contributed by atoms with Gasteiger partial charge in [0.25, 0.3) is 5.91 Å². The fraction of sp³-hybridized carbons (Fsp3) is 0.471. The van der Waals surface area contributed by atoms with E-state index in [9.17, 15) is 14.4 Å². The van der Waals surface area contributed by atoms with E-state index in [-0.39, 0.29) is 30.2 Å². The van der Waals surface area contributed by atoms with Gasteiger partial charge in [-0.15, -0.1) is 0 Å². The number of nitrogens with zero attached hydrogens (tertiary/aromatic N) is 1. The van der Waals surface area contributed by atoms with E-state index in [1.54, 1.807) is 4.90 Å². The van der Waals surface area contributed by atoms with Crippen LogP contribution < -0.4 is 10.1 Å². The van der Waals surface area contributed by atoms with Crippen LogP contribution in [-0.4, -0.2) is 34.8 Å². The fourth-order valence-corrected chi connectivity index (χ4v) is 3.35. The number of ether oxygens (including phenoxy) is 1. The van der Waals surface area contributed by atoms with Crippen LogP contribution in [0.25, 0.3) is 0 Å². The highest BCUT2D eigenvalue weighted by atomic mass is 16.5. The van der Waals surface area contributed by atoms with Gasteiger partial charge in [0.05, 0.1) is 11.7 Å². The predicted octanol–water partition coefficient (Wildman–Crippen LogP) is 1.38. The maximum Gasteiger partial charge on any atom is 0.258 e. The van der Waals surface area contributed by atoms with Crippen LogP contribution in [0.2, 0.25) is 0 Å². The minimum Gasteiger partial charge on any atom is -0.490 e. The Labute approximate surface area is 133 Å². The number of imide groups is 1. The van der Waals surface area contributed by atoms with Crippen molar-refractivity contribution >= 4 is 17.7 Å². The van der Waals surface area contributed by atoms with Gasteiger partial charge in [0, 0.05) is 13.0 Å². The van der Waals surface area contributed by atoms with E-state index < -0.39 is 6.04 Å². The number of amides is 3. The molecule has 1 unspecified atom stereocenters. The molecule has 0 radical (unpaired) electrons. The topological polar surface area (TPSA) is 75.7 Å². The summed E-state index contributed by atoms with van der Waals surface area (Å²) in [5.41, 5.74) is 1.46. The first-order chi connectivity index (χ1) is 11.1. The van der Waals surface area contributed by atoms with Crippen LogP contribution in [0.1, 0.15) is 48.0 Å². The number of nitrogens with one attached hydrogen (secondary N) is 1. The van der Waals surface area contributed by atoms with E-state index in [1.165, 1.54) is 0 Å². The van der Waals surface area contributed by atoms with Crippen molar-refractivity contribution in [2.24, 2.45) is 0 Å². The normalized spacial score (nSPS) is 24.3. The number of fused-ring (bicyclic) bond motifs is 1. The van der Waals surface area contributed by atoms with Gasteiger partial charge in [0.1, 0.15) is 11.8 Å². The van der Waals surface area contributed by atoms with Crippen LogP contribution in [0.3, 0.4) is 0 Å². The second-order valence-electron chi connectivity index (χ2n) is 6.36. The monoisotopic (exact) mass is 314 g/mol. The van der Waals surface area contributed by atoms with Crippen molar-refractivity contribution in [3.63, 3.8) is 0 Å². The van der Waals surface area contributed by atoms with Gasteiger partial charge in [0.15, 0.2) is 0 Å². The van der Waals surface area contributed by atoms with Gasteiger partial charge in [-0.1, -0.05) is 12.1 Å². The second kappa shape index (κ2) is 5.37. The second-order valence-corrected chi connectivity index (χ2v) is 6.36. The van der Waals surface area contributed by atoms with Crippen molar-refractivity contribution in [2.75, 3.05) is 0 Å². The quantitative estimate of drug-likeness (QED) is 0.855. The third-order valence-corrected chi connectivity index (χ3v) is 4.86. The summed E-state index contributed by atoms with van der Waals surface area (Å²) in [6.07, 6.45) is 4.05. The van der Waals surface area contributed by atoms with Crippen LogP contribution in [0.4, 0.5) is 0 Å². The largest absolute Gasteiger partial charge is 0.490 e. The van der Waals surface area contributed by atoms with Crippen LogP contribution in [-0.2, 0) is 16.1 Å². The fourth-order valence-electron chi connectivity index (χ4n) is 3.35. The van der Waals surface area contributed by atoms with E-state index in [4.69, 9.17) is 4.74 Å². The molecule has 4 rings (SSSR count). The SMILES string of the molecule is O=C1CCC(N2Cc3cccc(OC4CCC4)c3C2=O)C(=O)N1. The molecule has 2 aliphatic heterocycles. The van der Waals surface area contributed by atoms with Crippen molar-refractivity contribution in [1.82, 2.24) is 10.2 Å². The summed E-state index contributed by atoms with van der Waals surface area (Å²) in [7, 11) is 0. The molecule has 1 saturated heterocycles. The van der Waals surface area contributed by atoms with E-state index in [1.807, 2.05) is 18.2 Å². The first-order valence-corrected chi connectivity index (χ1v) is 8.06. The molecule has 23 heavy (non-hydrogen) atoms. The first-order valence-electron chi connectivity index (χ1n) is 8.06. The number of piperidine rings is 1. The molecule has 1 N–H and O–H groups in total. The molecule has 0 aromatic heterocycles. The molecule has 3 aliphatic rings. The molecule has 6 heteroatoms. The molecule has 3 amide bonds. The molecule has 1 saturated carbocycles. The minimum absolute atomic E-state index is 0.176. The summed E-state index contributed by atoms with van der Waals surface area (Å²) in [5, 5.41) is 2.32. The average molecular weight is 314 g/mol. The van der Waals surface area contributed by atoms with Gasteiger partial charge in [-0.2, -0.15) is 0 Å². The highest BCUT2D eigenvalue weighted by Gasteiger charge is 2.40. The number of hydrogen-bond donors (Lipinski definition) is 1. The summed E-state index contributed by atoms with van der Waals surface area (Å²) in [6, 6.07) is 5.02. The van der Waals surface area contributed by atoms with Crippen LogP contribution >= 0.6 is 0 Å². The van der Waals surface area contributed by atoms with Crippen LogP contribution in [0, 0.1) is 0 Å². The Morgan fingerprint density at radius 3 is 2.65 bits per heavy atom. The van der Waals surface area contributed by atoms with E-state index in [2.05, 4.69) is 5.32 Å². The van der Waals surface area contributed by atoms with Gasteiger partial charge in [-0.05, 0) is 37.3 Å². The van der Waals surface area contributed by atoms with Crippen molar-refractivity contribution in [3.8, 4) is 5.75 Å². The molecule has 0 bridgehead atoms. The standard InChI is InChI=1S/C17H18N2O4/c20-14-8-7-12(16(21)18-14)19-9-10-3-1-6-13(15(10)17(19)22)23-11-4-2-5-11/h1,3,6,11-12H,2,4-5,7-9H2,(H,18,20,21). The summed E-state index contributed by atoms with van der Waals surface area (Å²) < 4.78 is 5.94. The Bertz CT molecular complexity index is 696. The van der Waals surface area contributed by atoms with Gasteiger partial charge in [-0.25, -0.2) is 0 Å². The Hall–Kier alpha value is -2.37. The Kier molecular flexibility index (Phi) is 3.32. The van der Waals surface area contributed by atoms with Crippen molar-refractivity contribution in [2.45, 2.75) is 50.8 Å². The number of benzene rings is 1. The zero-order chi connectivity index (χ0) is 16.0. The summed E-state index contributed by atoms with van der Waals surface area (Å²) >= 11 is 0. The molecule has 1 aromatic carbocycles. The van der Waals surface area contributed by atoms with Crippen molar-refractivity contribution in [1.29, 1.82) is 0 Å². The lowest BCUT2D eigenvalue weighted by Gasteiger charge is -2.29. The molecular weight excluding hydrogens is 296 g/mol. The average Bonchev–Trinajstić information content (AvgIpc) is 2.81. The molecule has 0 spiro atoms. The molecule has 1 atom stereocenters. The van der Waals surface area contributed by atoms with Crippen molar-refractivity contribution in [3.05, 3.63) is 29.3 Å². The van der Waals surface area contributed by atoms with Gasteiger partial charge >= 0.3 is 0 Å². The highest BCUT2D eigenvalue weighted by Crippen LogP contribution is 2.35. The van der Waals surface area contributed by atoms with Crippen molar-refractivity contribution < 1.29 is 19.1 Å². The molecule has 2 fully saturated rings. The van der Waals surface area contributed by atoms with E-state index in [0.29, 0.717) is 24.3 Å². The maximum absolute atomic E-state index is 12.8. The smallest absolute Gasteiger partial charge is 0.258 e. The van der Waals surface area contributed by atoms with E-state index >= 15 is 0 Å². The molecule has 1 aromatic rings. The van der Waals surface area contributed by atoms with Crippen LogP contribution in [0.15, 0.2) is 18.2 Å². The third kappa shape index (κ3) is 2.38.